The Kier molecular flexibility index (Phi) is 78.7. The van der Waals surface area contributed by atoms with Crippen molar-refractivity contribution in [1.82, 2.24) is 6.15 Å². The summed E-state index contributed by atoms with van der Waals surface area (Å²) >= 11 is 1.75. The second-order valence-corrected chi connectivity index (χ2v) is 1.22. The van der Waals surface area contributed by atoms with E-state index in [9.17, 15) is 0 Å². The minimum Gasteiger partial charge on any atom is -2.00 e. The quantitative estimate of drug-likeness (QED) is 0.515. The molecule has 0 heterocycles. The maximum Gasteiger partial charge on any atom is 1.00 e. The summed E-state index contributed by atoms with van der Waals surface area (Å²) in [6.07, 6.45) is 4.08. The highest BCUT2D eigenvalue weighted by atomic mass is 32.2. The first-order valence-electron chi connectivity index (χ1n) is 0.816. The summed E-state index contributed by atoms with van der Waals surface area (Å²) in [6, 6.07) is 0. The number of rotatable bonds is 0. The van der Waals surface area contributed by atoms with Gasteiger partial charge in [-0.2, -0.15) is 11.8 Å². The Bertz CT molecular complexity index is 13.7. The molecular weight excluding hydrogens is 102 g/mol. The van der Waals surface area contributed by atoms with Crippen molar-refractivity contribution in [3.05, 3.63) is 0 Å². The van der Waals surface area contributed by atoms with Crippen molar-refractivity contribution in [2.24, 2.45) is 0 Å². The van der Waals surface area contributed by atoms with Gasteiger partial charge in [-0.3, -0.25) is 0 Å². The van der Waals surface area contributed by atoms with E-state index < -0.39 is 0 Å². The third-order valence-electron chi connectivity index (χ3n) is 0. The van der Waals surface area contributed by atoms with Gasteiger partial charge in [-0.05, 0) is 12.5 Å². The van der Waals surface area contributed by atoms with Gasteiger partial charge in [0.2, 0.25) is 0 Å². The van der Waals surface area contributed by atoms with Crippen LogP contribution in [-0.4, -0.2) is 12.5 Å². The van der Waals surface area contributed by atoms with Crippen LogP contribution in [-0.2, 0) is 13.5 Å². The number of hydrogen-bond acceptors (Lipinski definition) is 2. The van der Waals surface area contributed by atoms with Gasteiger partial charge in [0.15, 0.2) is 0 Å². The molecule has 36 valence electrons. The maximum absolute atomic E-state index is 2.04. The van der Waals surface area contributed by atoms with Crippen LogP contribution in [0.4, 0.5) is 0 Å². The Morgan fingerprint density at radius 3 is 1.40 bits per heavy atom. The molecular formula is C2H11NS2. The van der Waals surface area contributed by atoms with Gasteiger partial charge in [0, 0.05) is 0 Å². The Morgan fingerprint density at radius 1 is 1.40 bits per heavy atom. The standard InChI is InChI=1S/C2H6S.H3N.S/c1-3-2;;/h1-2H3;1H3;/q;;-2/p+2. The average Bonchev–Trinajstić information content (AvgIpc) is 0.918. The summed E-state index contributed by atoms with van der Waals surface area (Å²) in [4.78, 5) is 0. The van der Waals surface area contributed by atoms with E-state index in [1.165, 1.54) is 0 Å². The third-order valence-corrected chi connectivity index (χ3v) is 0. The first-order valence-corrected chi connectivity index (χ1v) is 2.45. The predicted octanol–water partition coefficient (Wildman–Crippen LogP) is 1.36. The van der Waals surface area contributed by atoms with E-state index in [1.807, 2.05) is 12.5 Å². The van der Waals surface area contributed by atoms with Crippen molar-refractivity contribution < 1.29 is 2.85 Å². The molecule has 0 aromatic rings. The van der Waals surface area contributed by atoms with Crippen molar-refractivity contribution >= 4 is 25.3 Å². The maximum atomic E-state index is 2.04. The molecule has 1 nitrogen and oxygen atoms in total. The zero-order valence-corrected chi connectivity index (χ0v) is 5.16. The molecule has 0 aliphatic heterocycles. The molecule has 5 heavy (non-hydrogen) atoms. The fourth-order valence-corrected chi connectivity index (χ4v) is 0. The first-order chi connectivity index (χ1) is 1.41. The molecule has 3 heteroatoms. The largest absolute Gasteiger partial charge is 2.00 e. The topological polar surface area (TPSA) is 35.0 Å². The highest BCUT2D eigenvalue weighted by Gasteiger charge is 1.32. The summed E-state index contributed by atoms with van der Waals surface area (Å²) < 4.78 is 0. The predicted molar refractivity (Wildman–Crippen MR) is 34.1 cm³/mol. The molecule has 0 radical (unpaired) electrons. The highest BCUT2D eigenvalue weighted by Crippen LogP contribution is 1.70. The molecule has 0 aromatic heterocycles. The van der Waals surface area contributed by atoms with Crippen LogP contribution >= 0.6 is 11.8 Å². The van der Waals surface area contributed by atoms with Gasteiger partial charge in [-0.25, -0.2) is 0 Å². The first kappa shape index (κ1) is 17.4. The molecule has 0 aliphatic rings. The summed E-state index contributed by atoms with van der Waals surface area (Å²) in [5, 5.41) is 0. The number of hydrogen-bond donors (Lipinski definition) is 1. The fraction of sp³-hybridized carbons (Fsp3) is 1.00. The lowest BCUT2D eigenvalue weighted by Gasteiger charge is -2.00. The van der Waals surface area contributed by atoms with Crippen LogP contribution in [0.15, 0.2) is 0 Å². The van der Waals surface area contributed by atoms with E-state index in [1.54, 1.807) is 11.8 Å². The average molecular weight is 113 g/mol. The molecule has 3 N–H and O–H groups in total. The van der Waals surface area contributed by atoms with Gasteiger partial charge < -0.3 is 19.6 Å². The Hall–Kier alpha value is 0.660. The SMILES string of the molecule is CSC.N.[H+].[H+].[S-2]. The minimum atomic E-state index is 0. The molecule has 0 saturated heterocycles. The van der Waals surface area contributed by atoms with Gasteiger partial charge in [-0.15, -0.1) is 0 Å². The van der Waals surface area contributed by atoms with Gasteiger partial charge >= 0.3 is 2.85 Å². The Labute approximate surface area is 47.5 Å². The van der Waals surface area contributed by atoms with Crippen LogP contribution in [0.25, 0.3) is 0 Å². The van der Waals surface area contributed by atoms with E-state index in [0.717, 1.165) is 0 Å². The summed E-state index contributed by atoms with van der Waals surface area (Å²) in [5.74, 6) is 0. The van der Waals surface area contributed by atoms with Crippen LogP contribution in [0.3, 0.4) is 0 Å². The van der Waals surface area contributed by atoms with Gasteiger partial charge in [0.05, 0.1) is 0 Å². The Balaban J connectivity index is -0.00000000333. The molecule has 0 bridgehead atoms. The van der Waals surface area contributed by atoms with Crippen LogP contribution < -0.4 is 6.15 Å². The second kappa shape index (κ2) is 22.7. The number of thioether (sulfide) groups is 1. The van der Waals surface area contributed by atoms with Crippen LogP contribution in [0.5, 0.6) is 0 Å². The molecule has 0 rings (SSSR count). The van der Waals surface area contributed by atoms with E-state index >= 15 is 0 Å². The molecule has 0 aromatic carbocycles. The van der Waals surface area contributed by atoms with E-state index in [4.69, 9.17) is 0 Å². The van der Waals surface area contributed by atoms with Crippen molar-refractivity contribution in [1.29, 1.82) is 0 Å². The Morgan fingerprint density at radius 2 is 1.40 bits per heavy atom. The lowest BCUT2D eigenvalue weighted by atomic mass is 11.9. The summed E-state index contributed by atoms with van der Waals surface area (Å²) in [6.45, 7) is 0. The van der Waals surface area contributed by atoms with Gasteiger partial charge in [0.1, 0.15) is 0 Å². The van der Waals surface area contributed by atoms with Gasteiger partial charge in [0.25, 0.3) is 0 Å². The molecule has 0 fully saturated rings. The minimum absolute atomic E-state index is 0. The molecule has 0 spiro atoms. The third kappa shape index (κ3) is 75.7. The molecule has 0 atom stereocenters. The molecule has 0 unspecified atom stereocenters. The normalized spacial score (nSPS) is 3.60. The van der Waals surface area contributed by atoms with E-state index in [-0.39, 0.29) is 22.5 Å². The molecule has 0 amide bonds. The van der Waals surface area contributed by atoms with Crippen molar-refractivity contribution in [3.63, 3.8) is 0 Å². The zero-order valence-electron chi connectivity index (χ0n) is 5.52. The second-order valence-electron chi connectivity index (χ2n) is 0.408. The monoisotopic (exact) mass is 113 g/mol. The van der Waals surface area contributed by atoms with Crippen LogP contribution in [0, 0.1) is 0 Å². The lowest BCUT2D eigenvalue weighted by Crippen LogP contribution is -1.25. The summed E-state index contributed by atoms with van der Waals surface area (Å²) in [5.41, 5.74) is 0. The van der Waals surface area contributed by atoms with Crippen molar-refractivity contribution in [3.8, 4) is 0 Å². The zero-order chi connectivity index (χ0) is 2.71. The molecule has 0 aliphatic carbocycles. The van der Waals surface area contributed by atoms with Gasteiger partial charge in [-0.1, -0.05) is 0 Å². The smallest absolute Gasteiger partial charge is 1.00 e. The summed E-state index contributed by atoms with van der Waals surface area (Å²) in [7, 11) is 0. The van der Waals surface area contributed by atoms with Crippen molar-refractivity contribution in [2.45, 2.75) is 0 Å². The van der Waals surface area contributed by atoms with E-state index in [2.05, 4.69) is 0 Å². The van der Waals surface area contributed by atoms with Crippen molar-refractivity contribution in [2.75, 3.05) is 12.5 Å². The fourth-order valence-electron chi connectivity index (χ4n) is 0. The molecule has 0 saturated carbocycles. The highest BCUT2D eigenvalue weighted by molar-refractivity contribution is 7.97. The van der Waals surface area contributed by atoms with E-state index in [0.29, 0.717) is 0 Å². The van der Waals surface area contributed by atoms with Crippen LogP contribution in [0.2, 0.25) is 0 Å². The lowest BCUT2D eigenvalue weighted by molar-refractivity contribution is 2.13. The van der Waals surface area contributed by atoms with Crippen LogP contribution in [0.1, 0.15) is 2.85 Å².